The van der Waals surface area contributed by atoms with Crippen molar-refractivity contribution in [1.29, 1.82) is 0 Å². The molecule has 1 amide bonds. The third kappa shape index (κ3) is 5.24. The number of rotatable bonds is 8. The molecule has 0 spiro atoms. The highest BCUT2D eigenvalue weighted by molar-refractivity contribution is 7.92. The van der Waals surface area contributed by atoms with Gasteiger partial charge in [-0.15, -0.1) is 0 Å². The molecule has 3 aromatic rings. The molecule has 1 aliphatic rings. The van der Waals surface area contributed by atoms with Crippen LogP contribution in [0, 0.1) is 6.92 Å². The normalized spacial score (nSPS) is 16.8. The highest BCUT2D eigenvalue weighted by atomic mass is 32.2. The van der Waals surface area contributed by atoms with Gasteiger partial charge in [-0.3, -0.25) is 9.52 Å². The number of carbonyl (C=O) groups is 1. The summed E-state index contributed by atoms with van der Waals surface area (Å²) < 4.78 is 33.2. The topological polar surface area (TPSA) is 135 Å². The standard InChI is InChI=1S/C24H33N7O4S/c1-6-21(29(3)24(32)18-11-17(35-4)7-8-19(18)28-36(5,33)34)20-12-22-26-23(15(2)13-31(22)27-20)30-10-9-16(25)14-30/h7-8,11-13,16,21,28H,6,9-10,14,25H2,1-5H3/t16-,21-/m0/s1. The lowest BCUT2D eigenvalue weighted by Gasteiger charge is -2.27. The van der Waals surface area contributed by atoms with Gasteiger partial charge < -0.3 is 20.3 Å². The minimum absolute atomic E-state index is 0.144. The van der Waals surface area contributed by atoms with Crippen LogP contribution in [0.1, 0.15) is 47.4 Å². The van der Waals surface area contributed by atoms with Crippen LogP contribution >= 0.6 is 0 Å². The van der Waals surface area contributed by atoms with Crippen molar-refractivity contribution >= 4 is 33.1 Å². The Hall–Kier alpha value is -3.38. The fourth-order valence-corrected chi connectivity index (χ4v) is 5.19. The van der Waals surface area contributed by atoms with Crippen LogP contribution in [0.15, 0.2) is 30.5 Å². The van der Waals surface area contributed by atoms with Gasteiger partial charge in [0.25, 0.3) is 5.91 Å². The van der Waals surface area contributed by atoms with Crippen LogP contribution in [-0.2, 0) is 10.0 Å². The van der Waals surface area contributed by atoms with Crippen LogP contribution in [-0.4, -0.2) is 73.4 Å². The first-order valence-corrected chi connectivity index (χ1v) is 13.7. The number of hydrogen-bond donors (Lipinski definition) is 2. The lowest BCUT2D eigenvalue weighted by atomic mass is 10.1. The lowest BCUT2D eigenvalue weighted by molar-refractivity contribution is 0.0723. The van der Waals surface area contributed by atoms with E-state index < -0.39 is 10.0 Å². The van der Waals surface area contributed by atoms with Gasteiger partial charge in [-0.25, -0.2) is 17.9 Å². The predicted molar refractivity (Wildman–Crippen MR) is 139 cm³/mol. The molecule has 12 heteroatoms. The van der Waals surface area contributed by atoms with E-state index in [2.05, 4.69) is 9.62 Å². The van der Waals surface area contributed by atoms with E-state index in [0.717, 1.165) is 37.1 Å². The number of amides is 1. The van der Waals surface area contributed by atoms with Gasteiger partial charge in [-0.1, -0.05) is 6.92 Å². The Kier molecular flexibility index (Phi) is 7.10. The number of nitrogens with two attached hydrogens (primary N) is 1. The van der Waals surface area contributed by atoms with Crippen molar-refractivity contribution in [3.8, 4) is 5.75 Å². The summed E-state index contributed by atoms with van der Waals surface area (Å²) >= 11 is 0. The molecular weight excluding hydrogens is 482 g/mol. The monoisotopic (exact) mass is 515 g/mol. The number of anilines is 2. The zero-order chi connectivity index (χ0) is 26.2. The minimum Gasteiger partial charge on any atom is -0.497 e. The molecular formula is C24H33N7O4S. The van der Waals surface area contributed by atoms with Crippen molar-refractivity contribution in [2.75, 3.05) is 43.1 Å². The maximum Gasteiger partial charge on any atom is 0.256 e. The largest absolute Gasteiger partial charge is 0.497 e. The fraction of sp³-hybridized carbons (Fsp3) is 0.458. The minimum atomic E-state index is -3.59. The number of nitrogens with one attached hydrogen (secondary N) is 1. The van der Waals surface area contributed by atoms with E-state index in [-0.39, 0.29) is 29.2 Å². The Morgan fingerprint density at radius 1 is 1.36 bits per heavy atom. The third-order valence-corrected chi connectivity index (χ3v) is 7.01. The number of fused-ring (bicyclic) bond motifs is 1. The van der Waals surface area contributed by atoms with Gasteiger partial charge in [-0.05, 0) is 38.0 Å². The molecule has 0 bridgehead atoms. The van der Waals surface area contributed by atoms with E-state index in [9.17, 15) is 13.2 Å². The van der Waals surface area contributed by atoms with Gasteiger partial charge in [-0.2, -0.15) is 5.10 Å². The SMILES string of the molecule is CC[C@@H](c1cc2nc(N3CC[C@H](N)C3)c(C)cn2n1)N(C)C(=O)c1cc(OC)ccc1NS(C)(=O)=O. The van der Waals surface area contributed by atoms with E-state index in [1.54, 1.807) is 22.5 Å². The summed E-state index contributed by atoms with van der Waals surface area (Å²) in [5.41, 5.74) is 8.84. The van der Waals surface area contributed by atoms with Gasteiger partial charge in [0.2, 0.25) is 10.0 Å². The van der Waals surface area contributed by atoms with Crippen LogP contribution in [0.25, 0.3) is 5.65 Å². The summed E-state index contributed by atoms with van der Waals surface area (Å²) in [5, 5.41) is 4.72. The number of ether oxygens (including phenoxy) is 1. The number of nitrogens with zero attached hydrogens (tertiary/aromatic N) is 5. The number of sulfonamides is 1. The first-order valence-electron chi connectivity index (χ1n) is 11.8. The molecule has 0 unspecified atom stereocenters. The molecule has 11 nitrogen and oxygen atoms in total. The van der Waals surface area contributed by atoms with Crippen LogP contribution in [0.4, 0.5) is 11.5 Å². The van der Waals surface area contributed by atoms with Crippen molar-refractivity contribution in [3.63, 3.8) is 0 Å². The first kappa shape index (κ1) is 25.7. The molecule has 0 radical (unpaired) electrons. The molecule has 3 heterocycles. The van der Waals surface area contributed by atoms with Crippen molar-refractivity contribution in [1.82, 2.24) is 19.5 Å². The summed E-state index contributed by atoms with van der Waals surface area (Å²) in [5.74, 6) is 0.979. The van der Waals surface area contributed by atoms with Crippen molar-refractivity contribution < 1.29 is 17.9 Å². The van der Waals surface area contributed by atoms with E-state index in [1.165, 1.54) is 19.2 Å². The summed E-state index contributed by atoms with van der Waals surface area (Å²) in [6.45, 7) is 5.60. The Morgan fingerprint density at radius 2 is 2.11 bits per heavy atom. The predicted octanol–water partition coefficient (Wildman–Crippen LogP) is 2.18. The molecule has 3 N–H and O–H groups in total. The van der Waals surface area contributed by atoms with Gasteiger partial charge in [0, 0.05) is 44.0 Å². The van der Waals surface area contributed by atoms with E-state index >= 15 is 0 Å². The van der Waals surface area contributed by atoms with Crippen LogP contribution in [0.3, 0.4) is 0 Å². The van der Waals surface area contributed by atoms with Crippen LogP contribution in [0.5, 0.6) is 5.75 Å². The number of aromatic nitrogens is 3. The quantitative estimate of drug-likeness (QED) is 0.466. The number of benzene rings is 1. The van der Waals surface area contributed by atoms with E-state index in [0.29, 0.717) is 23.5 Å². The maximum absolute atomic E-state index is 13.6. The van der Waals surface area contributed by atoms with E-state index in [1.807, 2.05) is 26.1 Å². The van der Waals surface area contributed by atoms with Gasteiger partial charge in [0.1, 0.15) is 11.6 Å². The highest BCUT2D eigenvalue weighted by Gasteiger charge is 2.28. The molecule has 1 fully saturated rings. The number of methoxy groups -OCH3 is 1. The first-order chi connectivity index (χ1) is 17.0. The maximum atomic E-state index is 13.6. The number of hydrogen-bond acceptors (Lipinski definition) is 8. The Balaban J connectivity index is 1.67. The van der Waals surface area contributed by atoms with Gasteiger partial charge in [0.15, 0.2) is 5.65 Å². The zero-order valence-electron chi connectivity index (χ0n) is 21.2. The van der Waals surface area contributed by atoms with Gasteiger partial charge >= 0.3 is 0 Å². The van der Waals surface area contributed by atoms with Crippen LogP contribution < -0.4 is 20.1 Å². The number of aryl methyl sites for hydroxylation is 1. The highest BCUT2D eigenvalue weighted by Crippen LogP contribution is 2.30. The Bertz CT molecular complexity index is 1390. The van der Waals surface area contributed by atoms with E-state index in [4.69, 9.17) is 20.6 Å². The van der Waals surface area contributed by atoms with Crippen molar-refractivity contribution in [3.05, 3.63) is 47.3 Å². The lowest BCUT2D eigenvalue weighted by Crippen LogP contribution is -2.32. The summed E-state index contributed by atoms with van der Waals surface area (Å²) in [6.07, 6.45) is 4.51. The Labute approximate surface area is 211 Å². The Morgan fingerprint density at radius 3 is 2.72 bits per heavy atom. The molecule has 1 aliphatic heterocycles. The molecule has 4 rings (SSSR count). The second-order valence-electron chi connectivity index (χ2n) is 9.24. The molecule has 36 heavy (non-hydrogen) atoms. The number of carbonyl (C=O) groups excluding carboxylic acids is 1. The average molecular weight is 516 g/mol. The molecule has 2 aromatic heterocycles. The summed E-state index contributed by atoms with van der Waals surface area (Å²) in [6, 6.07) is 6.32. The zero-order valence-corrected chi connectivity index (χ0v) is 22.0. The fourth-order valence-electron chi connectivity index (χ4n) is 4.61. The van der Waals surface area contributed by atoms with Crippen molar-refractivity contribution in [2.24, 2.45) is 5.73 Å². The second kappa shape index (κ2) is 9.94. The summed E-state index contributed by atoms with van der Waals surface area (Å²) in [7, 11) is -0.422. The third-order valence-electron chi connectivity index (χ3n) is 6.42. The molecule has 2 atom stereocenters. The average Bonchev–Trinajstić information content (AvgIpc) is 3.43. The van der Waals surface area contributed by atoms with Crippen LogP contribution in [0.2, 0.25) is 0 Å². The molecule has 1 saturated heterocycles. The van der Waals surface area contributed by atoms with Gasteiger partial charge in [0.05, 0.1) is 36.4 Å². The molecule has 0 saturated carbocycles. The second-order valence-corrected chi connectivity index (χ2v) is 11.0. The molecule has 1 aromatic carbocycles. The molecule has 194 valence electrons. The summed E-state index contributed by atoms with van der Waals surface area (Å²) in [4.78, 5) is 22.2. The molecule has 0 aliphatic carbocycles. The van der Waals surface area contributed by atoms with Crippen molar-refractivity contribution in [2.45, 2.75) is 38.8 Å². The smallest absolute Gasteiger partial charge is 0.256 e.